The van der Waals surface area contributed by atoms with Gasteiger partial charge in [0.15, 0.2) is 0 Å². The maximum absolute atomic E-state index is 11.0. The van der Waals surface area contributed by atoms with Gasteiger partial charge in [0.25, 0.3) is 0 Å². The molecule has 0 aromatic heterocycles. The molecule has 1 aliphatic rings. The molecule has 4 nitrogen and oxygen atoms in total. The van der Waals surface area contributed by atoms with E-state index in [2.05, 4.69) is 34.5 Å². The van der Waals surface area contributed by atoms with Gasteiger partial charge in [-0.2, -0.15) is 0 Å². The minimum Gasteiger partial charge on any atom is -0.371 e. The Morgan fingerprint density at radius 2 is 1.94 bits per heavy atom. The van der Waals surface area contributed by atoms with E-state index < -0.39 is 0 Å². The first kappa shape index (κ1) is 12.9. The number of rotatable bonds is 3. The van der Waals surface area contributed by atoms with Crippen LogP contribution in [0.1, 0.15) is 25.3 Å². The van der Waals surface area contributed by atoms with Crippen LogP contribution in [0.5, 0.6) is 0 Å². The molecule has 0 saturated carbocycles. The van der Waals surface area contributed by atoms with E-state index in [0.717, 1.165) is 31.5 Å². The second-order valence-electron chi connectivity index (χ2n) is 4.83. The molecule has 4 heteroatoms. The van der Waals surface area contributed by atoms with Crippen LogP contribution >= 0.6 is 0 Å². The molecule has 1 aliphatic heterocycles. The molecule has 1 amide bonds. The van der Waals surface area contributed by atoms with E-state index in [1.807, 2.05) is 0 Å². The lowest BCUT2D eigenvalue weighted by molar-refractivity contribution is -0.119. The minimum absolute atomic E-state index is 0.0701. The summed E-state index contributed by atoms with van der Waals surface area (Å²) >= 11 is 0. The fraction of sp³-hybridized carbons (Fsp3) is 0.500. The lowest BCUT2D eigenvalue weighted by atomic mass is 10.0. The van der Waals surface area contributed by atoms with Crippen molar-refractivity contribution in [3.8, 4) is 0 Å². The van der Waals surface area contributed by atoms with Crippen molar-refractivity contribution in [3.05, 3.63) is 29.8 Å². The van der Waals surface area contributed by atoms with Crippen molar-refractivity contribution >= 4 is 11.6 Å². The van der Waals surface area contributed by atoms with Gasteiger partial charge in [0.05, 0.1) is 0 Å². The third-order valence-corrected chi connectivity index (χ3v) is 3.44. The SMILES string of the molecule is CC(=O)NC1CCN(c2ccc(CN)cc2)CC1. The molecule has 0 atom stereocenters. The second kappa shape index (κ2) is 5.87. The van der Waals surface area contributed by atoms with Crippen molar-refractivity contribution in [2.75, 3.05) is 18.0 Å². The van der Waals surface area contributed by atoms with Gasteiger partial charge in [0.2, 0.25) is 5.91 Å². The number of hydrogen-bond acceptors (Lipinski definition) is 3. The highest BCUT2D eigenvalue weighted by Crippen LogP contribution is 2.20. The van der Waals surface area contributed by atoms with Gasteiger partial charge in [0.1, 0.15) is 0 Å². The Hall–Kier alpha value is -1.55. The number of nitrogens with one attached hydrogen (secondary N) is 1. The minimum atomic E-state index is 0.0701. The van der Waals surface area contributed by atoms with E-state index in [-0.39, 0.29) is 5.91 Å². The number of carbonyl (C=O) groups is 1. The number of amides is 1. The van der Waals surface area contributed by atoms with Gasteiger partial charge in [-0.3, -0.25) is 4.79 Å². The molecular formula is C14H21N3O. The molecule has 1 aromatic rings. The van der Waals surface area contributed by atoms with Gasteiger partial charge in [-0.1, -0.05) is 12.1 Å². The molecule has 18 heavy (non-hydrogen) atoms. The van der Waals surface area contributed by atoms with Crippen LogP contribution in [0, 0.1) is 0 Å². The first-order valence-electron chi connectivity index (χ1n) is 6.50. The van der Waals surface area contributed by atoms with Gasteiger partial charge < -0.3 is 16.0 Å². The molecule has 2 rings (SSSR count). The molecule has 0 bridgehead atoms. The van der Waals surface area contributed by atoms with Crippen LogP contribution in [0.2, 0.25) is 0 Å². The Kier molecular flexibility index (Phi) is 4.20. The maximum Gasteiger partial charge on any atom is 0.217 e. The number of nitrogens with zero attached hydrogens (tertiary/aromatic N) is 1. The lowest BCUT2D eigenvalue weighted by Gasteiger charge is -2.33. The normalized spacial score (nSPS) is 16.7. The topological polar surface area (TPSA) is 58.4 Å². The molecule has 1 saturated heterocycles. The predicted octanol–water partition coefficient (Wildman–Crippen LogP) is 1.25. The van der Waals surface area contributed by atoms with Crippen molar-refractivity contribution < 1.29 is 4.79 Å². The summed E-state index contributed by atoms with van der Waals surface area (Å²) in [5, 5.41) is 2.99. The van der Waals surface area contributed by atoms with E-state index in [1.54, 1.807) is 6.92 Å². The molecule has 98 valence electrons. The first-order valence-corrected chi connectivity index (χ1v) is 6.50. The summed E-state index contributed by atoms with van der Waals surface area (Å²) in [5.41, 5.74) is 7.99. The van der Waals surface area contributed by atoms with Crippen molar-refractivity contribution in [2.45, 2.75) is 32.4 Å². The van der Waals surface area contributed by atoms with Gasteiger partial charge in [-0.25, -0.2) is 0 Å². The fourth-order valence-electron chi connectivity index (χ4n) is 2.41. The Balaban J connectivity index is 1.90. The van der Waals surface area contributed by atoms with E-state index >= 15 is 0 Å². The van der Waals surface area contributed by atoms with Crippen molar-refractivity contribution in [1.82, 2.24) is 5.32 Å². The van der Waals surface area contributed by atoms with Crippen LogP contribution < -0.4 is 16.0 Å². The van der Waals surface area contributed by atoms with E-state index in [4.69, 9.17) is 5.73 Å². The summed E-state index contributed by atoms with van der Waals surface area (Å²) in [4.78, 5) is 13.4. The average molecular weight is 247 g/mol. The zero-order valence-electron chi connectivity index (χ0n) is 10.9. The smallest absolute Gasteiger partial charge is 0.217 e. The van der Waals surface area contributed by atoms with E-state index in [0.29, 0.717) is 12.6 Å². The Morgan fingerprint density at radius 1 is 1.33 bits per heavy atom. The average Bonchev–Trinajstić information content (AvgIpc) is 2.39. The van der Waals surface area contributed by atoms with Crippen LogP contribution in [0.4, 0.5) is 5.69 Å². The molecule has 1 heterocycles. The number of nitrogens with two attached hydrogens (primary N) is 1. The van der Waals surface area contributed by atoms with Crippen molar-refractivity contribution in [1.29, 1.82) is 0 Å². The number of piperidine rings is 1. The molecule has 0 unspecified atom stereocenters. The van der Waals surface area contributed by atoms with Gasteiger partial charge in [-0.05, 0) is 30.5 Å². The maximum atomic E-state index is 11.0. The van der Waals surface area contributed by atoms with Crippen molar-refractivity contribution in [2.24, 2.45) is 5.73 Å². The molecule has 1 aromatic carbocycles. The summed E-state index contributed by atoms with van der Waals surface area (Å²) in [5.74, 6) is 0.0701. The molecular weight excluding hydrogens is 226 g/mol. The quantitative estimate of drug-likeness (QED) is 0.845. The van der Waals surface area contributed by atoms with Crippen molar-refractivity contribution in [3.63, 3.8) is 0 Å². The Morgan fingerprint density at radius 3 is 2.44 bits per heavy atom. The fourth-order valence-corrected chi connectivity index (χ4v) is 2.41. The summed E-state index contributed by atoms with van der Waals surface area (Å²) < 4.78 is 0. The van der Waals surface area contributed by atoms with Crippen LogP contribution in [0.15, 0.2) is 24.3 Å². The van der Waals surface area contributed by atoms with E-state index in [9.17, 15) is 4.79 Å². The molecule has 1 fully saturated rings. The first-order chi connectivity index (χ1) is 8.69. The predicted molar refractivity (Wildman–Crippen MR) is 73.4 cm³/mol. The highest BCUT2D eigenvalue weighted by atomic mass is 16.1. The van der Waals surface area contributed by atoms with Crippen LogP contribution in [-0.2, 0) is 11.3 Å². The van der Waals surface area contributed by atoms with Crippen LogP contribution in [-0.4, -0.2) is 25.0 Å². The zero-order valence-corrected chi connectivity index (χ0v) is 10.9. The number of benzene rings is 1. The number of hydrogen-bond donors (Lipinski definition) is 2. The summed E-state index contributed by atoms with van der Waals surface area (Å²) in [6.07, 6.45) is 2.02. The van der Waals surface area contributed by atoms with Gasteiger partial charge in [0, 0.05) is 38.3 Å². The van der Waals surface area contributed by atoms with Crippen LogP contribution in [0.3, 0.4) is 0 Å². The summed E-state index contributed by atoms with van der Waals surface area (Å²) in [6, 6.07) is 8.74. The lowest BCUT2D eigenvalue weighted by Crippen LogP contribution is -2.44. The summed E-state index contributed by atoms with van der Waals surface area (Å²) in [7, 11) is 0. The summed E-state index contributed by atoms with van der Waals surface area (Å²) in [6.45, 7) is 4.16. The molecule has 0 spiro atoms. The number of carbonyl (C=O) groups excluding carboxylic acids is 1. The molecule has 3 N–H and O–H groups in total. The second-order valence-corrected chi connectivity index (χ2v) is 4.83. The third kappa shape index (κ3) is 3.23. The zero-order chi connectivity index (χ0) is 13.0. The van der Waals surface area contributed by atoms with Gasteiger partial charge >= 0.3 is 0 Å². The molecule has 0 radical (unpaired) electrons. The van der Waals surface area contributed by atoms with E-state index in [1.165, 1.54) is 5.69 Å². The highest BCUT2D eigenvalue weighted by molar-refractivity contribution is 5.73. The van der Waals surface area contributed by atoms with Gasteiger partial charge in [-0.15, -0.1) is 0 Å². The largest absolute Gasteiger partial charge is 0.371 e. The number of anilines is 1. The highest BCUT2D eigenvalue weighted by Gasteiger charge is 2.19. The monoisotopic (exact) mass is 247 g/mol. The third-order valence-electron chi connectivity index (χ3n) is 3.44. The standard InChI is InChI=1S/C14H21N3O/c1-11(18)16-13-6-8-17(9-7-13)14-4-2-12(10-15)3-5-14/h2-5,13H,6-10,15H2,1H3,(H,16,18). The Labute approximate surface area is 108 Å². The Bertz CT molecular complexity index is 394. The molecule has 0 aliphatic carbocycles. The van der Waals surface area contributed by atoms with Crippen LogP contribution in [0.25, 0.3) is 0 Å².